The Labute approximate surface area is 142 Å². The summed E-state index contributed by atoms with van der Waals surface area (Å²) < 4.78 is 32.2. The van der Waals surface area contributed by atoms with Crippen LogP contribution >= 0.6 is 11.6 Å². The molecule has 1 heterocycles. The molecule has 0 atom stereocenters. The predicted molar refractivity (Wildman–Crippen MR) is 88.6 cm³/mol. The van der Waals surface area contributed by atoms with Crippen molar-refractivity contribution in [1.29, 1.82) is 0 Å². The summed E-state index contributed by atoms with van der Waals surface area (Å²) in [6.45, 7) is 1.89. The maximum atomic E-state index is 13.8. The third kappa shape index (κ3) is 3.86. The number of nitrogens with zero attached hydrogens (tertiary/aromatic N) is 2. The molecule has 0 aliphatic heterocycles. The SMILES string of the molecule is Cc1ccc(F)c(Cc2nnc(/C=C/c3ccc(F)cc3Cl)o2)c1. The van der Waals surface area contributed by atoms with Crippen LogP contribution in [0.2, 0.25) is 5.02 Å². The molecule has 0 saturated carbocycles. The lowest BCUT2D eigenvalue weighted by atomic mass is 10.1. The second-order valence-corrected chi connectivity index (χ2v) is 5.71. The van der Waals surface area contributed by atoms with Crippen LogP contribution in [0.3, 0.4) is 0 Å². The van der Waals surface area contributed by atoms with E-state index in [-0.39, 0.29) is 23.2 Å². The molecule has 0 saturated heterocycles. The normalized spacial score (nSPS) is 11.3. The first-order valence-corrected chi connectivity index (χ1v) is 7.59. The molecule has 0 N–H and O–H groups in total. The van der Waals surface area contributed by atoms with Gasteiger partial charge in [0.2, 0.25) is 11.8 Å². The van der Waals surface area contributed by atoms with E-state index in [1.165, 1.54) is 18.2 Å². The average molecular weight is 347 g/mol. The number of aryl methyl sites for hydroxylation is 1. The van der Waals surface area contributed by atoms with Gasteiger partial charge in [-0.05, 0) is 42.3 Å². The first-order chi connectivity index (χ1) is 11.5. The summed E-state index contributed by atoms with van der Waals surface area (Å²) >= 11 is 5.94. The van der Waals surface area contributed by atoms with Crippen LogP contribution < -0.4 is 0 Å². The van der Waals surface area contributed by atoms with Gasteiger partial charge in [0, 0.05) is 6.08 Å². The van der Waals surface area contributed by atoms with Crippen LogP contribution in [0.5, 0.6) is 0 Å². The van der Waals surface area contributed by atoms with Crippen molar-refractivity contribution >= 4 is 23.8 Å². The number of rotatable bonds is 4. The Kier molecular flexibility index (Phi) is 4.71. The van der Waals surface area contributed by atoms with Crippen molar-refractivity contribution in [3.05, 3.63) is 81.5 Å². The summed E-state index contributed by atoms with van der Waals surface area (Å²) in [6.07, 6.45) is 3.43. The zero-order valence-corrected chi connectivity index (χ0v) is 13.5. The Balaban J connectivity index is 1.76. The van der Waals surface area contributed by atoms with Gasteiger partial charge in [0.1, 0.15) is 11.6 Å². The number of aromatic nitrogens is 2. The monoisotopic (exact) mass is 346 g/mol. The van der Waals surface area contributed by atoms with Gasteiger partial charge in [-0.3, -0.25) is 0 Å². The quantitative estimate of drug-likeness (QED) is 0.662. The summed E-state index contributed by atoms with van der Waals surface area (Å²) in [5.41, 5.74) is 2.08. The minimum absolute atomic E-state index is 0.214. The Hall–Kier alpha value is -2.53. The second-order valence-electron chi connectivity index (χ2n) is 5.30. The Bertz CT molecular complexity index is 906. The molecule has 1 aromatic heterocycles. The summed E-state index contributed by atoms with van der Waals surface area (Å²) in [4.78, 5) is 0. The topological polar surface area (TPSA) is 38.9 Å². The molecule has 0 spiro atoms. The van der Waals surface area contributed by atoms with Gasteiger partial charge in [0.25, 0.3) is 0 Å². The lowest BCUT2D eigenvalue weighted by molar-refractivity contribution is 0.491. The van der Waals surface area contributed by atoms with Crippen molar-refractivity contribution in [3.8, 4) is 0 Å². The molecule has 0 aliphatic carbocycles. The lowest BCUT2D eigenvalue weighted by Crippen LogP contribution is -1.93. The van der Waals surface area contributed by atoms with Crippen LogP contribution in [0, 0.1) is 18.6 Å². The molecule has 122 valence electrons. The van der Waals surface area contributed by atoms with Gasteiger partial charge < -0.3 is 4.42 Å². The third-order valence-corrected chi connectivity index (χ3v) is 3.72. The minimum Gasteiger partial charge on any atom is -0.421 e. The van der Waals surface area contributed by atoms with Gasteiger partial charge in [0.05, 0.1) is 11.4 Å². The zero-order valence-electron chi connectivity index (χ0n) is 12.8. The second kappa shape index (κ2) is 6.93. The summed E-state index contributed by atoms with van der Waals surface area (Å²) in [5, 5.41) is 8.07. The van der Waals surface area contributed by atoms with E-state index >= 15 is 0 Å². The summed E-state index contributed by atoms with van der Waals surface area (Å²) in [6, 6.07) is 8.94. The first-order valence-electron chi connectivity index (χ1n) is 7.22. The van der Waals surface area contributed by atoms with Gasteiger partial charge in [-0.2, -0.15) is 0 Å². The molecule has 0 unspecified atom stereocenters. The minimum atomic E-state index is -0.405. The van der Waals surface area contributed by atoms with Gasteiger partial charge in [0.15, 0.2) is 0 Å². The van der Waals surface area contributed by atoms with Crippen molar-refractivity contribution in [3.63, 3.8) is 0 Å². The summed E-state index contributed by atoms with van der Waals surface area (Å²) in [5.74, 6) is -0.144. The maximum absolute atomic E-state index is 13.8. The van der Waals surface area contributed by atoms with Crippen LogP contribution in [0.1, 0.15) is 28.5 Å². The van der Waals surface area contributed by atoms with Crippen LogP contribution in [0.4, 0.5) is 8.78 Å². The van der Waals surface area contributed by atoms with Crippen LogP contribution in [-0.4, -0.2) is 10.2 Å². The van der Waals surface area contributed by atoms with Gasteiger partial charge in [-0.15, -0.1) is 10.2 Å². The van der Waals surface area contributed by atoms with Crippen LogP contribution in [0.15, 0.2) is 40.8 Å². The van der Waals surface area contributed by atoms with Crippen LogP contribution in [0.25, 0.3) is 12.2 Å². The highest BCUT2D eigenvalue weighted by molar-refractivity contribution is 6.32. The van der Waals surface area contributed by atoms with E-state index in [1.54, 1.807) is 30.4 Å². The largest absolute Gasteiger partial charge is 0.421 e. The Morgan fingerprint density at radius 3 is 2.71 bits per heavy atom. The smallest absolute Gasteiger partial charge is 0.240 e. The highest BCUT2D eigenvalue weighted by atomic mass is 35.5. The van der Waals surface area contributed by atoms with Crippen molar-refractivity contribution in [1.82, 2.24) is 10.2 Å². The van der Waals surface area contributed by atoms with E-state index in [4.69, 9.17) is 16.0 Å². The van der Waals surface area contributed by atoms with E-state index in [1.807, 2.05) is 6.92 Å². The van der Waals surface area contributed by atoms with Crippen LogP contribution in [-0.2, 0) is 6.42 Å². The number of benzene rings is 2. The van der Waals surface area contributed by atoms with Gasteiger partial charge >= 0.3 is 0 Å². The maximum Gasteiger partial charge on any atom is 0.240 e. The van der Waals surface area contributed by atoms with Crippen molar-refractivity contribution < 1.29 is 13.2 Å². The first kappa shape index (κ1) is 16.3. The van der Waals surface area contributed by atoms with Gasteiger partial charge in [-0.25, -0.2) is 8.78 Å². The molecule has 0 bridgehead atoms. The van der Waals surface area contributed by atoms with E-state index in [0.29, 0.717) is 17.0 Å². The Morgan fingerprint density at radius 2 is 1.92 bits per heavy atom. The molecule has 24 heavy (non-hydrogen) atoms. The fourth-order valence-electron chi connectivity index (χ4n) is 2.21. The molecule has 0 fully saturated rings. The van der Waals surface area contributed by atoms with E-state index in [2.05, 4.69) is 10.2 Å². The fraction of sp³-hybridized carbons (Fsp3) is 0.111. The molecule has 3 nitrogen and oxygen atoms in total. The predicted octanol–water partition coefficient (Wildman–Crippen LogP) is 5.07. The molecule has 3 aromatic rings. The zero-order chi connectivity index (χ0) is 17.1. The number of halogens is 3. The lowest BCUT2D eigenvalue weighted by Gasteiger charge is -2.01. The molecule has 3 rings (SSSR count). The highest BCUT2D eigenvalue weighted by Gasteiger charge is 2.09. The van der Waals surface area contributed by atoms with Gasteiger partial charge in [-0.1, -0.05) is 35.4 Å². The van der Waals surface area contributed by atoms with Crippen molar-refractivity contribution in [2.75, 3.05) is 0 Å². The third-order valence-electron chi connectivity index (χ3n) is 3.39. The molecule has 2 aromatic carbocycles. The fourth-order valence-corrected chi connectivity index (χ4v) is 2.44. The van der Waals surface area contributed by atoms with Crippen molar-refractivity contribution in [2.45, 2.75) is 13.3 Å². The average Bonchev–Trinajstić information content (AvgIpc) is 2.98. The van der Waals surface area contributed by atoms with E-state index in [9.17, 15) is 8.78 Å². The molecule has 6 heteroatoms. The standard InChI is InChI=1S/C18H13ClF2N2O/c1-11-2-6-16(21)13(8-11)9-18-23-22-17(24-18)7-4-12-3-5-14(20)10-15(12)19/h2-8,10H,9H2,1H3/b7-4+. The summed E-state index contributed by atoms with van der Waals surface area (Å²) in [7, 11) is 0. The number of hydrogen-bond acceptors (Lipinski definition) is 3. The van der Waals surface area contributed by atoms with Crippen molar-refractivity contribution in [2.24, 2.45) is 0 Å². The molecule has 0 aliphatic rings. The molecular formula is C18H13ClF2N2O. The highest BCUT2D eigenvalue weighted by Crippen LogP contribution is 2.20. The molecular weight excluding hydrogens is 334 g/mol. The Morgan fingerprint density at radius 1 is 1.08 bits per heavy atom. The van der Waals surface area contributed by atoms with E-state index in [0.717, 1.165) is 5.56 Å². The number of hydrogen-bond donors (Lipinski definition) is 0. The van der Waals surface area contributed by atoms with E-state index < -0.39 is 5.82 Å². The molecule has 0 radical (unpaired) electrons. The molecule has 0 amide bonds.